The summed E-state index contributed by atoms with van der Waals surface area (Å²) in [6.45, 7) is 6.86. The number of nitrogens with zero attached hydrogens (tertiary/aromatic N) is 2. The molecule has 0 aromatic heterocycles. The summed E-state index contributed by atoms with van der Waals surface area (Å²) < 4.78 is 0. The normalized spacial score (nSPS) is 17.9. The van der Waals surface area contributed by atoms with Crippen LogP contribution < -0.4 is 10.6 Å². The van der Waals surface area contributed by atoms with Crippen LogP contribution in [0.3, 0.4) is 0 Å². The molecule has 0 bridgehead atoms. The number of halogens is 1. The number of hydrogen-bond donors (Lipinski definition) is 2. The average molecular weight is 444 g/mol. The summed E-state index contributed by atoms with van der Waals surface area (Å²) in [5.74, 6) is 1.70. The van der Waals surface area contributed by atoms with E-state index in [1.54, 1.807) is 0 Å². The standard InChI is InChI=1S/C18H28N4O.HI/c1-14-5-4-12-22(13-14)18(19-3)20-11-10-16-6-8-17(9-7-16)21-15(2)23;/h6-9,14H,4-5,10-13H2,1-3H3,(H,19,20)(H,21,23);1H. The van der Waals surface area contributed by atoms with Crippen molar-refractivity contribution in [1.82, 2.24) is 10.2 Å². The van der Waals surface area contributed by atoms with Gasteiger partial charge in [0, 0.05) is 39.3 Å². The molecule has 24 heavy (non-hydrogen) atoms. The summed E-state index contributed by atoms with van der Waals surface area (Å²) >= 11 is 0. The van der Waals surface area contributed by atoms with Gasteiger partial charge in [0.1, 0.15) is 0 Å². The topological polar surface area (TPSA) is 56.7 Å². The Morgan fingerprint density at radius 2 is 2.04 bits per heavy atom. The molecule has 1 amide bonds. The highest BCUT2D eigenvalue weighted by Crippen LogP contribution is 2.15. The summed E-state index contributed by atoms with van der Waals surface area (Å²) in [5, 5.41) is 6.24. The van der Waals surface area contributed by atoms with Gasteiger partial charge in [-0.05, 0) is 42.9 Å². The summed E-state index contributed by atoms with van der Waals surface area (Å²) in [6.07, 6.45) is 3.49. The minimum absolute atomic E-state index is 0. The number of nitrogens with one attached hydrogen (secondary N) is 2. The number of amides is 1. The Labute approximate surface area is 162 Å². The first-order valence-electron chi connectivity index (χ1n) is 8.40. The van der Waals surface area contributed by atoms with Gasteiger partial charge in [0.15, 0.2) is 5.96 Å². The van der Waals surface area contributed by atoms with E-state index >= 15 is 0 Å². The number of hydrogen-bond acceptors (Lipinski definition) is 2. The molecule has 0 spiro atoms. The van der Waals surface area contributed by atoms with Crippen molar-refractivity contribution in [3.05, 3.63) is 29.8 Å². The minimum Gasteiger partial charge on any atom is -0.356 e. The van der Waals surface area contributed by atoms with Gasteiger partial charge in [-0.3, -0.25) is 9.79 Å². The quantitative estimate of drug-likeness (QED) is 0.427. The van der Waals surface area contributed by atoms with Crippen molar-refractivity contribution in [3.63, 3.8) is 0 Å². The van der Waals surface area contributed by atoms with E-state index in [-0.39, 0.29) is 29.9 Å². The third-order valence-corrected chi connectivity index (χ3v) is 4.14. The van der Waals surface area contributed by atoms with Crippen molar-refractivity contribution in [3.8, 4) is 0 Å². The lowest BCUT2D eigenvalue weighted by Crippen LogP contribution is -2.46. The largest absolute Gasteiger partial charge is 0.356 e. The van der Waals surface area contributed by atoms with Crippen molar-refractivity contribution in [2.24, 2.45) is 10.9 Å². The predicted octanol–water partition coefficient (Wildman–Crippen LogP) is 3.11. The number of piperidine rings is 1. The fraction of sp³-hybridized carbons (Fsp3) is 0.556. The van der Waals surface area contributed by atoms with Crippen LogP contribution in [0.1, 0.15) is 32.3 Å². The highest BCUT2D eigenvalue weighted by Gasteiger charge is 2.18. The van der Waals surface area contributed by atoms with E-state index in [0.29, 0.717) is 0 Å². The second-order valence-electron chi connectivity index (χ2n) is 6.30. The molecule has 2 N–H and O–H groups in total. The van der Waals surface area contributed by atoms with E-state index in [2.05, 4.69) is 39.6 Å². The third-order valence-electron chi connectivity index (χ3n) is 4.14. The van der Waals surface area contributed by atoms with Crippen molar-refractivity contribution in [2.45, 2.75) is 33.1 Å². The molecular weight excluding hydrogens is 415 g/mol. The maximum absolute atomic E-state index is 11.0. The molecular formula is C18H29IN4O. The number of carbonyl (C=O) groups is 1. The second-order valence-corrected chi connectivity index (χ2v) is 6.30. The van der Waals surface area contributed by atoms with Gasteiger partial charge < -0.3 is 15.5 Å². The maximum atomic E-state index is 11.0. The van der Waals surface area contributed by atoms with E-state index in [0.717, 1.165) is 43.6 Å². The fourth-order valence-corrected chi connectivity index (χ4v) is 2.99. The van der Waals surface area contributed by atoms with E-state index in [9.17, 15) is 4.79 Å². The van der Waals surface area contributed by atoms with Crippen LogP contribution in [0, 0.1) is 5.92 Å². The van der Waals surface area contributed by atoms with Gasteiger partial charge in [0.2, 0.25) is 5.91 Å². The molecule has 0 radical (unpaired) electrons. The van der Waals surface area contributed by atoms with Crippen molar-refractivity contribution in [2.75, 3.05) is 32.0 Å². The SMILES string of the molecule is CN=C(NCCc1ccc(NC(C)=O)cc1)N1CCCC(C)C1.I. The predicted molar refractivity (Wildman–Crippen MR) is 111 cm³/mol. The monoisotopic (exact) mass is 444 g/mol. The summed E-state index contributed by atoms with van der Waals surface area (Å²) in [6, 6.07) is 7.99. The summed E-state index contributed by atoms with van der Waals surface area (Å²) in [7, 11) is 1.85. The first-order valence-corrected chi connectivity index (χ1v) is 8.40. The first-order chi connectivity index (χ1) is 11.1. The fourth-order valence-electron chi connectivity index (χ4n) is 2.99. The molecule has 1 fully saturated rings. The zero-order valence-corrected chi connectivity index (χ0v) is 17.2. The van der Waals surface area contributed by atoms with Crippen LogP contribution in [-0.4, -0.2) is 43.4 Å². The van der Waals surface area contributed by atoms with Gasteiger partial charge in [-0.25, -0.2) is 0 Å². The number of rotatable bonds is 4. The van der Waals surface area contributed by atoms with Crippen LogP contribution in [0.4, 0.5) is 5.69 Å². The van der Waals surface area contributed by atoms with Crippen molar-refractivity contribution >= 4 is 41.5 Å². The van der Waals surface area contributed by atoms with E-state index in [4.69, 9.17) is 0 Å². The molecule has 1 atom stereocenters. The van der Waals surface area contributed by atoms with Gasteiger partial charge >= 0.3 is 0 Å². The average Bonchev–Trinajstić information content (AvgIpc) is 2.52. The Kier molecular flexibility index (Phi) is 9.10. The summed E-state index contributed by atoms with van der Waals surface area (Å²) in [5.41, 5.74) is 2.08. The van der Waals surface area contributed by atoms with Crippen molar-refractivity contribution < 1.29 is 4.79 Å². The van der Waals surface area contributed by atoms with E-state index in [1.807, 2.05) is 19.2 Å². The molecule has 6 heteroatoms. The minimum atomic E-state index is -0.0426. The molecule has 1 aliphatic rings. The number of likely N-dealkylation sites (tertiary alicyclic amines) is 1. The lowest BCUT2D eigenvalue weighted by atomic mass is 10.0. The van der Waals surface area contributed by atoms with Gasteiger partial charge in [-0.2, -0.15) is 0 Å². The summed E-state index contributed by atoms with van der Waals surface area (Å²) in [4.78, 5) is 17.8. The Morgan fingerprint density at radius 3 is 2.62 bits per heavy atom. The number of anilines is 1. The Balaban J connectivity index is 0.00000288. The van der Waals surface area contributed by atoms with Crippen molar-refractivity contribution in [1.29, 1.82) is 0 Å². The Hall–Kier alpha value is -1.31. The molecule has 0 aliphatic carbocycles. The Bertz CT molecular complexity index is 544. The van der Waals surface area contributed by atoms with Gasteiger partial charge in [0.05, 0.1) is 0 Å². The Morgan fingerprint density at radius 1 is 1.33 bits per heavy atom. The lowest BCUT2D eigenvalue weighted by Gasteiger charge is -2.33. The molecule has 2 rings (SSSR count). The maximum Gasteiger partial charge on any atom is 0.221 e. The zero-order chi connectivity index (χ0) is 16.7. The van der Waals surface area contributed by atoms with E-state index < -0.39 is 0 Å². The molecule has 0 saturated carbocycles. The molecule has 1 aromatic carbocycles. The number of guanidine groups is 1. The molecule has 134 valence electrons. The third kappa shape index (κ3) is 6.67. The van der Waals surface area contributed by atoms with Gasteiger partial charge in [0.25, 0.3) is 0 Å². The molecule has 1 heterocycles. The van der Waals surface area contributed by atoms with E-state index in [1.165, 1.54) is 25.3 Å². The number of benzene rings is 1. The smallest absolute Gasteiger partial charge is 0.221 e. The molecule has 1 aromatic rings. The first kappa shape index (κ1) is 20.7. The van der Waals surface area contributed by atoms with Crippen LogP contribution in [0.15, 0.2) is 29.3 Å². The molecule has 1 aliphatic heterocycles. The van der Waals surface area contributed by atoms with Gasteiger partial charge in [-0.1, -0.05) is 19.1 Å². The highest BCUT2D eigenvalue weighted by molar-refractivity contribution is 14.0. The molecule has 5 nitrogen and oxygen atoms in total. The van der Waals surface area contributed by atoms with Crippen LogP contribution in [0.25, 0.3) is 0 Å². The van der Waals surface area contributed by atoms with Crippen LogP contribution >= 0.6 is 24.0 Å². The lowest BCUT2D eigenvalue weighted by molar-refractivity contribution is -0.114. The molecule has 1 saturated heterocycles. The second kappa shape index (κ2) is 10.5. The van der Waals surface area contributed by atoms with Crippen LogP contribution in [0.2, 0.25) is 0 Å². The molecule has 1 unspecified atom stereocenters. The van der Waals surface area contributed by atoms with Crippen LogP contribution in [-0.2, 0) is 11.2 Å². The number of aliphatic imine (C=N–C) groups is 1. The van der Waals surface area contributed by atoms with Gasteiger partial charge in [-0.15, -0.1) is 24.0 Å². The van der Waals surface area contributed by atoms with Crippen LogP contribution in [0.5, 0.6) is 0 Å². The highest BCUT2D eigenvalue weighted by atomic mass is 127. The zero-order valence-electron chi connectivity index (χ0n) is 14.8. The number of carbonyl (C=O) groups excluding carboxylic acids is 1.